The number of nitrogen functional groups attached to an aromatic ring is 1. The quantitative estimate of drug-likeness (QED) is 0.174. The molecule has 0 amide bonds. The Morgan fingerprint density at radius 3 is 2.71 bits per heavy atom. The van der Waals surface area contributed by atoms with E-state index in [1.807, 2.05) is 0 Å². The topological polar surface area (TPSA) is 221 Å². The minimum absolute atomic E-state index is 0.0281. The van der Waals surface area contributed by atoms with Crippen LogP contribution in [0.5, 0.6) is 0 Å². The summed E-state index contributed by atoms with van der Waals surface area (Å²) in [5.41, 5.74) is 10.4. The van der Waals surface area contributed by atoms with E-state index < -0.39 is 44.5 Å². The second-order valence-corrected chi connectivity index (χ2v) is 8.58. The minimum atomic E-state index is -4.37. The van der Waals surface area contributed by atoms with Crippen LogP contribution in [-0.4, -0.2) is 72.7 Å². The summed E-state index contributed by atoms with van der Waals surface area (Å²) in [4.78, 5) is 31.9. The number of phosphoric ester groups is 1. The van der Waals surface area contributed by atoms with Crippen LogP contribution in [0.2, 0.25) is 0 Å². The zero-order valence-corrected chi connectivity index (χ0v) is 17.6. The summed E-state index contributed by atoms with van der Waals surface area (Å²) in [5.74, 6) is -0.159. The van der Waals surface area contributed by atoms with Crippen molar-refractivity contribution in [2.24, 2.45) is 5.73 Å². The van der Waals surface area contributed by atoms with Gasteiger partial charge in [0.2, 0.25) is 5.95 Å². The Bertz CT molecular complexity index is 983. The van der Waals surface area contributed by atoms with Crippen LogP contribution in [0, 0.1) is 0 Å². The molecule has 2 aromatic heterocycles. The molecule has 0 saturated carbocycles. The van der Waals surface area contributed by atoms with Crippen LogP contribution >= 0.6 is 7.82 Å². The molecule has 2 aromatic rings. The normalized spacial score (nSPS) is 25.8. The van der Waals surface area contributed by atoms with Gasteiger partial charge in [-0.2, -0.15) is 4.98 Å². The number of nitrogens with zero attached hydrogens (tertiary/aromatic N) is 3. The van der Waals surface area contributed by atoms with Crippen LogP contribution in [0.25, 0.3) is 11.2 Å². The number of aliphatic hydroxyl groups excluding tert-OH is 2. The van der Waals surface area contributed by atoms with Crippen molar-refractivity contribution in [2.45, 2.75) is 50.2 Å². The molecule has 0 aliphatic carbocycles. The molecular weight excluding hydrogens is 435 g/mol. The summed E-state index contributed by atoms with van der Waals surface area (Å²) in [7, 11) is -4.37. The van der Waals surface area contributed by atoms with E-state index in [1.165, 1.54) is 10.9 Å². The predicted octanol–water partition coefficient (Wildman–Crippen LogP) is -1.03. The molecule has 1 aliphatic rings. The van der Waals surface area contributed by atoms with Gasteiger partial charge in [-0.05, 0) is 19.4 Å². The van der Waals surface area contributed by atoms with E-state index in [2.05, 4.69) is 15.0 Å². The Kier molecular flexibility index (Phi) is 7.78. The van der Waals surface area contributed by atoms with Gasteiger partial charge in [0.15, 0.2) is 17.4 Å². The van der Waals surface area contributed by atoms with Crippen molar-refractivity contribution in [3.05, 3.63) is 16.7 Å². The number of nitrogens with one attached hydrogen (secondary N) is 1. The van der Waals surface area contributed by atoms with E-state index in [1.54, 1.807) is 0 Å². The van der Waals surface area contributed by atoms with Crippen LogP contribution in [-0.2, 0) is 18.3 Å². The maximum Gasteiger partial charge on any atom is 0.472 e. The van der Waals surface area contributed by atoms with Crippen molar-refractivity contribution in [1.29, 1.82) is 0 Å². The molecule has 3 rings (SSSR count). The number of aromatic nitrogens is 4. The first-order valence-electron chi connectivity index (χ1n) is 9.79. The van der Waals surface area contributed by atoms with Crippen molar-refractivity contribution in [1.82, 2.24) is 19.5 Å². The second kappa shape index (κ2) is 10.1. The van der Waals surface area contributed by atoms with Gasteiger partial charge >= 0.3 is 7.82 Å². The number of unbranched alkanes of at least 4 members (excludes halogenated alkanes) is 3. The Labute approximate surface area is 176 Å². The number of fused-ring (bicyclic) bond motifs is 1. The molecule has 1 aliphatic heterocycles. The Morgan fingerprint density at radius 2 is 1.97 bits per heavy atom. The van der Waals surface area contributed by atoms with E-state index in [4.69, 9.17) is 25.3 Å². The van der Waals surface area contributed by atoms with E-state index in [0.29, 0.717) is 13.0 Å². The molecule has 0 bridgehead atoms. The largest absolute Gasteiger partial charge is 0.472 e. The maximum absolute atomic E-state index is 12.0. The smallest absolute Gasteiger partial charge is 0.387 e. The third-order valence-corrected chi connectivity index (χ3v) is 5.80. The molecule has 0 aromatic carbocycles. The standard InChI is InChI=1S/C16H27N6O8P/c17-5-3-1-2-4-6-28-31(26,27)29-7-9-11(23)12(24)15(30-9)22-8-19-10-13(22)20-16(18)21-14(10)25/h8-9,11-12,15,23-24H,1-7,17H2,(H,26,27)(H3,18,20,21,25)/t9-,11-,12-,15-/m1/s1. The lowest BCUT2D eigenvalue weighted by Crippen LogP contribution is -2.33. The van der Waals surface area contributed by atoms with E-state index in [9.17, 15) is 24.5 Å². The third-order valence-electron chi connectivity index (χ3n) is 4.82. The molecule has 14 nitrogen and oxygen atoms in total. The number of hydrogen-bond acceptors (Lipinski definition) is 11. The molecule has 15 heteroatoms. The molecule has 3 heterocycles. The molecule has 0 radical (unpaired) electrons. The lowest BCUT2D eigenvalue weighted by atomic mass is 10.1. The van der Waals surface area contributed by atoms with Crippen molar-refractivity contribution in [3.63, 3.8) is 0 Å². The van der Waals surface area contributed by atoms with Gasteiger partial charge in [-0.15, -0.1) is 0 Å². The summed E-state index contributed by atoms with van der Waals surface area (Å²) in [6.07, 6.45) is -0.873. The fraction of sp³-hybridized carbons (Fsp3) is 0.688. The zero-order valence-electron chi connectivity index (χ0n) is 16.7. The minimum Gasteiger partial charge on any atom is -0.387 e. The van der Waals surface area contributed by atoms with Crippen LogP contribution in [0.3, 0.4) is 0 Å². The highest BCUT2D eigenvalue weighted by Gasteiger charge is 2.45. The van der Waals surface area contributed by atoms with Gasteiger partial charge in [-0.3, -0.25) is 23.4 Å². The number of nitrogens with two attached hydrogens (primary N) is 2. The number of ether oxygens (including phenoxy) is 1. The van der Waals surface area contributed by atoms with Crippen LogP contribution in [0.1, 0.15) is 31.9 Å². The molecule has 1 unspecified atom stereocenters. The SMILES string of the molecule is NCCCCCCOP(=O)(O)OC[C@H]1O[C@@H](n2cnc3c(=O)[nH]c(N)nc32)[C@H](O)[C@@H]1O. The number of H-pyrrole nitrogens is 1. The number of aliphatic hydroxyl groups is 2. The molecule has 8 N–H and O–H groups in total. The van der Waals surface area contributed by atoms with E-state index in [-0.39, 0.29) is 23.7 Å². The lowest BCUT2D eigenvalue weighted by molar-refractivity contribution is -0.0514. The highest BCUT2D eigenvalue weighted by Crippen LogP contribution is 2.44. The van der Waals surface area contributed by atoms with Crippen LogP contribution < -0.4 is 17.0 Å². The molecular formula is C16H27N6O8P. The summed E-state index contributed by atoms with van der Waals surface area (Å²) >= 11 is 0. The first-order chi connectivity index (χ1) is 14.7. The maximum atomic E-state index is 12.0. The summed E-state index contributed by atoms with van der Waals surface area (Å²) in [5, 5.41) is 20.7. The van der Waals surface area contributed by atoms with Gasteiger partial charge in [0.05, 0.1) is 19.5 Å². The van der Waals surface area contributed by atoms with Gasteiger partial charge in [0, 0.05) is 0 Å². The lowest BCUT2D eigenvalue weighted by Gasteiger charge is -2.17. The Hall–Kier alpha value is -1.90. The monoisotopic (exact) mass is 462 g/mol. The molecule has 31 heavy (non-hydrogen) atoms. The number of aromatic amines is 1. The average molecular weight is 462 g/mol. The number of hydrogen-bond donors (Lipinski definition) is 6. The van der Waals surface area contributed by atoms with Crippen molar-refractivity contribution >= 4 is 24.9 Å². The Balaban J connectivity index is 1.59. The van der Waals surface area contributed by atoms with E-state index >= 15 is 0 Å². The fourth-order valence-corrected chi connectivity index (χ4v) is 3.98. The summed E-state index contributed by atoms with van der Waals surface area (Å²) < 4.78 is 28.7. The fourth-order valence-electron chi connectivity index (χ4n) is 3.21. The van der Waals surface area contributed by atoms with Gasteiger partial charge in [0.1, 0.15) is 18.3 Å². The number of rotatable bonds is 11. The van der Waals surface area contributed by atoms with Gasteiger partial charge in [0.25, 0.3) is 5.56 Å². The van der Waals surface area contributed by atoms with Crippen LogP contribution in [0.4, 0.5) is 5.95 Å². The first-order valence-corrected chi connectivity index (χ1v) is 11.3. The van der Waals surface area contributed by atoms with Gasteiger partial charge < -0.3 is 31.3 Å². The molecule has 0 spiro atoms. The number of imidazole rings is 1. The number of phosphoric acid groups is 1. The predicted molar refractivity (Wildman–Crippen MR) is 108 cm³/mol. The van der Waals surface area contributed by atoms with E-state index in [0.717, 1.165) is 19.3 Å². The summed E-state index contributed by atoms with van der Waals surface area (Å²) in [6, 6.07) is 0. The molecule has 1 fully saturated rings. The second-order valence-electron chi connectivity index (χ2n) is 7.12. The van der Waals surface area contributed by atoms with Crippen molar-refractivity contribution < 1.29 is 33.5 Å². The molecule has 5 atom stereocenters. The Morgan fingerprint density at radius 1 is 1.23 bits per heavy atom. The molecule has 1 saturated heterocycles. The number of anilines is 1. The highest BCUT2D eigenvalue weighted by molar-refractivity contribution is 7.47. The van der Waals surface area contributed by atoms with Crippen molar-refractivity contribution in [3.8, 4) is 0 Å². The average Bonchev–Trinajstić information content (AvgIpc) is 3.25. The first kappa shape index (κ1) is 23.8. The van der Waals surface area contributed by atoms with Gasteiger partial charge in [-0.25, -0.2) is 9.55 Å². The zero-order chi connectivity index (χ0) is 22.6. The van der Waals surface area contributed by atoms with Crippen LogP contribution in [0.15, 0.2) is 11.1 Å². The van der Waals surface area contributed by atoms with Crippen molar-refractivity contribution in [2.75, 3.05) is 25.5 Å². The van der Waals surface area contributed by atoms with Gasteiger partial charge in [-0.1, -0.05) is 12.8 Å². The summed E-state index contributed by atoms with van der Waals surface area (Å²) in [6.45, 7) is 0.104. The molecule has 174 valence electrons. The highest BCUT2D eigenvalue weighted by atomic mass is 31.2. The third kappa shape index (κ3) is 5.67.